The summed E-state index contributed by atoms with van der Waals surface area (Å²) < 4.78 is 5.64. The molecule has 0 aliphatic heterocycles. The van der Waals surface area contributed by atoms with Gasteiger partial charge < -0.3 is 10.2 Å². The van der Waals surface area contributed by atoms with Crippen LogP contribution in [0.25, 0.3) is 11.0 Å². The van der Waals surface area contributed by atoms with Crippen LogP contribution in [0, 0.1) is 0 Å². The summed E-state index contributed by atoms with van der Waals surface area (Å²) in [5.74, 6) is 1.64. The molecular weight excluding hydrogens is 230 g/mol. The molecule has 2 rings (SSSR count). The summed E-state index contributed by atoms with van der Waals surface area (Å²) >= 11 is 7.71. The molecule has 1 atom stereocenters. The lowest BCUT2D eigenvalue weighted by Crippen LogP contribution is -2.11. The summed E-state index contributed by atoms with van der Waals surface area (Å²) in [6.07, 6.45) is 2.02. The average molecular weight is 242 g/mol. The highest BCUT2D eigenvalue weighted by Gasteiger charge is 2.12. The van der Waals surface area contributed by atoms with Gasteiger partial charge in [0.2, 0.25) is 0 Å². The maximum atomic E-state index is 6.01. The van der Waals surface area contributed by atoms with Crippen molar-refractivity contribution in [1.29, 1.82) is 0 Å². The number of fused-ring (bicyclic) bond motifs is 1. The third-order valence-corrected chi connectivity index (χ3v) is 3.22. The van der Waals surface area contributed by atoms with Gasteiger partial charge in [0.1, 0.15) is 5.76 Å². The van der Waals surface area contributed by atoms with Gasteiger partial charge in [-0.05, 0) is 18.4 Å². The third kappa shape index (κ3) is 2.14. The molecule has 1 aromatic carbocycles. The Kier molecular flexibility index (Phi) is 3.24. The van der Waals surface area contributed by atoms with Gasteiger partial charge in [-0.15, -0.1) is 0 Å². The van der Waals surface area contributed by atoms with Crippen LogP contribution in [-0.2, 0) is 0 Å². The Morgan fingerprint density at radius 3 is 3.00 bits per heavy atom. The van der Waals surface area contributed by atoms with Gasteiger partial charge in [0.15, 0.2) is 5.58 Å². The molecule has 0 spiro atoms. The van der Waals surface area contributed by atoms with E-state index in [-0.39, 0.29) is 6.04 Å². The van der Waals surface area contributed by atoms with E-state index in [1.165, 1.54) is 0 Å². The summed E-state index contributed by atoms with van der Waals surface area (Å²) in [4.78, 5) is 0. The first-order valence-corrected chi connectivity index (χ1v) is 6.42. The first-order valence-electron chi connectivity index (χ1n) is 4.65. The molecule has 2 N–H and O–H groups in total. The monoisotopic (exact) mass is 241 g/mol. The number of benzene rings is 1. The van der Waals surface area contributed by atoms with Crippen LogP contribution < -0.4 is 5.73 Å². The van der Waals surface area contributed by atoms with E-state index in [1.54, 1.807) is 11.8 Å². The first-order chi connectivity index (χ1) is 7.22. The van der Waals surface area contributed by atoms with Crippen molar-refractivity contribution >= 4 is 34.3 Å². The molecule has 0 amide bonds. The molecule has 0 aliphatic rings. The number of thioether (sulfide) groups is 1. The molecule has 4 heteroatoms. The number of para-hydroxylation sites is 1. The Labute approximate surface area is 97.8 Å². The molecule has 15 heavy (non-hydrogen) atoms. The number of hydrogen-bond donors (Lipinski definition) is 1. The lowest BCUT2D eigenvalue weighted by molar-refractivity contribution is 0.516. The molecule has 2 nitrogen and oxygen atoms in total. The lowest BCUT2D eigenvalue weighted by atomic mass is 10.2. The second-order valence-corrected chi connectivity index (χ2v) is 4.69. The zero-order valence-electron chi connectivity index (χ0n) is 8.37. The Balaban J connectivity index is 2.43. The van der Waals surface area contributed by atoms with E-state index in [0.717, 1.165) is 22.5 Å². The van der Waals surface area contributed by atoms with E-state index in [1.807, 2.05) is 30.5 Å². The van der Waals surface area contributed by atoms with Crippen LogP contribution in [-0.4, -0.2) is 12.0 Å². The summed E-state index contributed by atoms with van der Waals surface area (Å²) in [5, 5.41) is 1.64. The second kappa shape index (κ2) is 4.47. The zero-order valence-corrected chi connectivity index (χ0v) is 9.94. The molecule has 0 saturated carbocycles. The Morgan fingerprint density at radius 2 is 2.33 bits per heavy atom. The molecule has 0 saturated heterocycles. The van der Waals surface area contributed by atoms with Crippen LogP contribution in [0.1, 0.15) is 11.8 Å². The van der Waals surface area contributed by atoms with Crippen molar-refractivity contribution in [3.05, 3.63) is 35.0 Å². The summed E-state index contributed by atoms with van der Waals surface area (Å²) in [6, 6.07) is 7.59. The van der Waals surface area contributed by atoms with Crippen LogP contribution >= 0.6 is 23.4 Å². The van der Waals surface area contributed by atoms with Gasteiger partial charge in [0.25, 0.3) is 0 Å². The molecule has 0 aliphatic carbocycles. The lowest BCUT2D eigenvalue weighted by Gasteiger charge is -2.04. The molecule has 1 heterocycles. The molecule has 1 unspecified atom stereocenters. The largest absolute Gasteiger partial charge is 0.458 e. The number of rotatable bonds is 3. The fourth-order valence-corrected chi connectivity index (χ4v) is 2.24. The van der Waals surface area contributed by atoms with E-state index in [4.69, 9.17) is 21.8 Å². The first kappa shape index (κ1) is 10.9. The molecule has 0 fully saturated rings. The fourth-order valence-electron chi connectivity index (χ4n) is 1.49. The van der Waals surface area contributed by atoms with E-state index >= 15 is 0 Å². The van der Waals surface area contributed by atoms with Gasteiger partial charge in [0, 0.05) is 11.1 Å². The highest BCUT2D eigenvalue weighted by molar-refractivity contribution is 7.98. The van der Waals surface area contributed by atoms with Crippen molar-refractivity contribution in [2.75, 3.05) is 12.0 Å². The molecule has 0 radical (unpaired) electrons. The van der Waals surface area contributed by atoms with Crippen LogP contribution in [0.3, 0.4) is 0 Å². The van der Waals surface area contributed by atoms with Gasteiger partial charge in [-0.3, -0.25) is 0 Å². The molecule has 2 aromatic rings. The summed E-state index contributed by atoms with van der Waals surface area (Å²) in [7, 11) is 0. The van der Waals surface area contributed by atoms with Crippen LogP contribution in [0.2, 0.25) is 5.02 Å². The summed E-state index contributed by atoms with van der Waals surface area (Å²) in [5.41, 5.74) is 6.69. The highest BCUT2D eigenvalue weighted by atomic mass is 35.5. The van der Waals surface area contributed by atoms with Gasteiger partial charge in [-0.2, -0.15) is 11.8 Å². The molecule has 1 aromatic heterocycles. The van der Waals surface area contributed by atoms with E-state index in [9.17, 15) is 0 Å². The predicted molar refractivity (Wildman–Crippen MR) is 66.5 cm³/mol. The maximum Gasteiger partial charge on any atom is 0.152 e. The zero-order chi connectivity index (χ0) is 10.8. The van der Waals surface area contributed by atoms with Crippen molar-refractivity contribution in [3.63, 3.8) is 0 Å². The number of nitrogens with two attached hydrogens (primary N) is 1. The second-order valence-electron chi connectivity index (χ2n) is 3.37. The maximum absolute atomic E-state index is 6.01. The Morgan fingerprint density at radius 1 is 1.53 bits per heavy atom. The van der Waals surface area contributed by atoms with Crippen LogP contribution in [0.5, 0.6) is 0 Å². The smallest absolute Gasteiger partial charge is 0.152 e. The normalized spacial score (nSPS) is 13.3. The fraction of sp³-hybridized carbons (Fsp3) is 0.273. The Bertz CT molecular complexity index is 469. The van der Waals surface area contributed by atoms with Crippen LogP contribution in [0.15, 0.2) is 28.7 Å². The van der Waals surface area contributed by atoms with Crippen molar-refractivity contribution in [3.8, 4) is 0 Å². The topological polar surface area (TPSA) is 39.2 Å². The average Bonchev–Trinajstić information content (AvgIpc) is 2.63. The van der Waals surface area contributed by atoms with Crippen molar-refractivity contribution < 1.29 is 4.42 Å². The standard InChI is InChI=1S/C11H12ClNOS/c1-15-6-9(13)10-5-7-3-2-4-8(12)11(7)14-10/h2-5,9H,6,13H2,1H3. The quantitative estimate of drug-likeness (QED) is 0.895. The minimum atomic E-state index is -0.0662. The van der Waals surface area contributed by atoms with Crippen molar-refractivity contribution in [2.45, 2.75) is 6.04 Å². The van der Waals surface area contributed by atoms with Crippen molar-refractivity contribution in [2.24, 2.45) is 5.73 Å². The number of furan rings is 1. The van der Waals surface area contributed by atoms with Crippen LogP contribution in [0.4, 0.5) is 0 Å². The molecular formula is C11H12ClNOS. The van der Waals surface area contributed by atoms with Gasteiger partial charge >= 0.3 is 0 Å². The van der Waals surface area contributed by atoms with E-state index in [0.29, 0.717) is 5.02 Å². The SMILES string of the molecule is CSCC(N)c1cc2cccc(Cl)c2o1. The number of halogens is 1. The van der Waals surface area contributed by atoms with Gasteiger partial charge in [-0.1, -0.05) is 23.7 Å². The van der Waals surface area contributed by atoms with E-state index in [2.05, 4.69) is 0 Å². The third-order valence-electron chi connectivity index (χ3n) is 2.23. The highest BCUT2D eigenvalue weighted by Crippen LogP contribution is 2.29. The predicted octanol–water partition coefficient (Wildman–Crippen LogP) is 3.45. The van der Waals surface area contributed by atoms with Gasteiger partial charge in [-0.25, -0.2) is 0 Å². The minimum Gasteiger partial charge on any atom is -0.458 e. The molecule has 0 bridgehead atoms. The molecule has 80 valence electrons. The summed E-state index contributed by atoms with van der Waals surface area (Å²) in [6.45, 7) is 0. The number of hydrogen-bond acceptors (Lipinski definition) is 3. The van der Waals surface area contributed by atoms with Crippen molar-refractivity contribution in [1.82, 2.24) is 0 Å². The Hall–Kier alpha value is -0.640. The minimum absolute atomic E-state index is 0.0662. The van der Waals surface area contributed by atoms with Gasteiger partial charge in [0.05, 0.1) is 11.1 Å². The van der Waals surface area contributed by atoms with E-state index < -0.39 is 0 Å².